The molecule has 0 fully saturated rings. The molecule has 0 radical (unpaired) electrons. The van der Waals surface area contributed by atoms with Gasteiger partial charge in [0.05, 0.1) is 0 Å². The van der Waals surface area contributed by atoms with Crippen LogP contribution in [0.1, 0.15) is 0 Å². The molecule has 3 heteroatoms. The Morgan fingerprint density at radius 2 is 1.44 bits per heavy atom. The number of nitrogen functional groups attached to an aromatic ring is 1. The van der Waals surface area contributed by atoms with E-state index in [1.807, 2.05) is 30.3 Å². The van der Waals surface area contributed by atoms with Gasteiger partial charge in [0.25, 0.3) is 0 Å². The number of hydrogen-bond donors (Lipinski definition) is 1. The molecule has 0 bridgehead atoms. The van der Waals surface area contributed by atoms with Crippen LogP contribution in [0.3, 0.4) is 0 Å². The van der Waals surface area contributed by atoms with Gasteiger partial charge < -0.3 is 5.73 Å². The van der Waals surface area contributed by atoms with Crippen molar-refractivity contribution in [3.05, 3.63) is 30.3 Å². The zero-order valence-electron chi connectivity index (χ0n) is 4.87. The number of anilines is 1. The van der Waals surface area contributed by atoms with Crippen LogP contribution in [0.15, 0.2) is 30.3 Å². The number of benzene rings is 1. The van der Waals surface area contributed by atoms with Crippen molar-refractivity contribution in [2.75, 3.05) is 5.73 Å². The van der Waals surface area contributed by atoms with Crippen LogP contribution in [-0.2, 0) is 21.7 Å². The molecular formula is C6H8ClNTi. The Morgan fingerprint density at radius 1 is 1.00 bits per heavy atom. The fourth-order valence-electron chi connectivity index (χ4n) is 0.453. The molecule has 0 saturated heterocycles. The summed E-state index contributed by atoms with van der Waals surface area (Å²) < 4.78 is 0. The topological polar surface area (TPSA) is 26.0 Å². The van der Waals surface area contributed by atoms with Crippen LogP contribution in [0.25, 0.3) is 0 Å². The predicted molar refractivity (Wildman–Crippen MR) is 38.1 cm³/mol. The van der Waals surface area contributed by atoms with Gasteiger partial charge in [-0.15, -0.1) is 12.4 Å². The minimum Gasteiger partial charge on any atom is -0.399 e. The molecule has 0 saturated carbocycles. The van der Waals surface area contributed by atoms with Gasteiger partial charge in [0.1, 0.15) is 0 Å². The number of hydrogen-bond acceptors (Lipinski definition) is 1. The van der Waals surface area contributed by atoms with Crippen molar-refractivity contribution in [2.24, 2.45) is 0 Å². The van der Waals surface area contributed by atoms with Crippen molar-refractivity contribution in [2.45, 2.75) is 0 Å². The van der Waals surface area contributed by atoms with Crippen LogP contribution >= 0.6 is 12.4 Å². The Hall–Kier alpha value is 0.0243. The summed E-state index contributed by atoms with van der Waals surface area (Å²) in [6.45, 7) is 0. The molecule has 0 aromatic heterocycles. The van der Waals surface area contributed by atoms with Crippen molar-refractivity contribution in [1.29, 1.82) is 0 Å². The molecule has 0 aliphatic rings. The molecular weight excluding hydrogens is 169 g/mol. The van der Waals surface area contributed by atoms with Gasteiger partial charge in [-0.05, 0) is 12.1 Å². The Kier molecular flexibility index (Phi) is 8.05. The van der Waals surface area contributed by atoms with Crippen molar-refractivity contribution < 1.29 is 21.7 Å². The van der Waals surface area contributed by atoms with Crippen LogP contribution in [-0.4, -0.2) is 0 Å². The fourth-order valence-corrected chi connectivity index (χ4v) is 0.453. The molecule has 48 valence electrons. The van der Waals surface area contributed by atoms with Crippen molar-refractivity contribution in [3.63, 3.8) is 0 Å². The van der Waals surface area contributed by atoms with Crippen molar-refractivity contribution in [1.82, 2.24) is 0 Å². The van der Waals surface area contributed by atoms with Gasteiger partial charge in [0.15, 0.2) is 0 Å². The number of rotatable bonds is 0. The smallest absolute Gasteiger partial charge is 0.0313 e. The molecule has 2 N–H and O–H groups in total. The molecule has 0 aliphatic heterocycles. The van der Waals surface area contributed by atoms with Gasteiger partial charge in [0.2, 0.25) is 0 Å². The van der Waals surface area contributed by atoms with Gasteiger partial charge in [0, 0.05) is 27.4 Å². The van der Waals surface area contributed by atoms with Crippen LogP contribution in [0.4, 0.5) is 5.69 Å². The summed E-state index contributed by atoms with van der Waals surface area (Å²) in [5, 5.41) is 0. The van der Waals surface area contributed by atoms with E-state index in [-0.39, 0.29) is 34.1 Å². The molecule has 0 spiro atoms. The molecule has 0 atom stereocenters. The largest absolute Gasteiger partial charge is 0.399 e. The Labute approximate surface area is 75.9 Å². The summed E-state index contributed by atoms with van der Waals surface area (Å²) in [4.78, 5) is 0. The summed E-state index contributed by atoms with van der Waals surface area (Å²) in [6, 6.07) is 9.49. The third-order valence-electron chi connectivity index (χ3n) is 0.800. The monoisotopic (exact) mass is 177 g/mol. The van der Waals surface area contributed by atoms with E-state index in [0.29, 0.717) is 0 Å². The second-order valence-electron chi connectivity index (χ2n) is 1.41. The van der Waals surface area contributed by atoms with E-state index in [1.165, 1.54) is 0 Å². The first-order valence-electron chi connectivity index (χ1n) is 2.20. The quantitative estimate of drug-likeness (QED) is 0.474. The first-order chi connectivity index (χ1) is 3.39. The van der Waals surface area contributed by atoms with Crippen LogP contribution in [0, 0.1) is 0 Å². The standard InChI is InChI=1S/C6H7N.ClH.Ti/c7-6-4-2-1-3-5-6;;/h1-5H,7H2;1H;. The third kappa shape index (κ3) is 4.52. The molecule has 0 amide bonds. The summed E-state index contributed by atoms with van der Waals surface area (Å²) in [5.74, 6) is 0. The normalized spacial score (nSPS) is 6.67. The first-order valence-corrected chi connectivity index (χ1v) is 2.20. The minimum atomic E-state index is 0. The average molecular weight is 177 g/mol. The second-order valence-corrected chi connectivity index (χ2v) is 1.41. The van der Waals surface area contributed by atoms with Crippen molar-refractivity contribution >= 4 is 18.1 Å². The molecule has 1 aromatic carbocycles. The van der Waals surface area contributed by atoms with Gasteiger partial charge in [-0.3, -0.25) is 0 Å². The van der Waals surface area contributed by atoms with E-state index in [9.17, 15) is 0 Å². The van der Waals surface area contributed by atoms with E-state index in [4.69, 9.17) is 5.73 Å². The van der Waals surface area contributed by atoms with Gasteiger partial charge in [-0.25, -0.2) is 0 Å². The molecule has 1 aromatic rings. The van der Waals surface area contributed by atoms with Gasteiger partial charge in [-0.1, -0.05) is 18.2 Å². The molecule has 0 aliphatic carbocycles. The number of halogens is 1. The van der Waals surface area contributed by atoms with E-state index in [1.54, 1.807) is 0 Å². The molecule has 0 unspecified atom stereocenters. The minimum absolute atomic E-state index is 0. The average Bonchev–Trinajstić information content (AvgIpc) is 1.69. The summed E-state index contributed by atoms with van der Waals surface area (Å²) in [5.41, 5.74) is 6.18. The van der Waals surface area contributed by atoms with Crippen LogP contribution in [0.2, 0.25) is 0 Å². The molecule has 0 heterocycles. The Morgan fingerprint density at radius 3 is 1.67 bits per heavy atom. The maximum absolute atomic E-state index is 5.36. The second kappa shape index (κ2) is 6.15. The SMILES string of the molecule is Cl.Nc1ccccc1.[Ti]. The van der Waals surface area contributed by atoms with E-state index in [0.717, 1.165) is 5.69 Å². The molecule has 9 heavy (non-hydrogen) atoms. The maximum Gasteiger partial charge on any atom is 0.0313 e. The summed E-state index contributed by atoms with van der Waals surface area (Å²) in [7, 11) is 0. The Balaban J connectivity index is 0. The first kappa shape index (κ1) is 11.8. The predicted octanol–water partition coefficient (Wildman–Crippen LogP) is 1.69. The van der Waals surface area contributed by atoms with Crippen molar-refractivity contribution in [3.8, 4) is 0 Å². The fraction of sp³-hybridized carbons (Fsp3) is 0. The van der Waals surface area contributed by atoms with E-state index >= 15 is 0 Å². The van der Waals surface area contributed by atoms with E-state index < -0.39 is 0 Å². The summed E-state index contributed by atoms with van der Waals surface area (Å²) in [6.07, 6.45) is 0. The van der Waals surface area contributed by atoms with Crippen LogP contribution in [0.5, 0.6) is 0 Å². The Bertz CT molecular complexity index is 143. The zero-order valence-corrected chi connectivity index (χ0v) is 7.25. The third-order valence-corrected chi connectivity index (χ3v) is 0.800. The molecule has 1 nitrogen and oxygen atoms in total. The van der Waals surface area contributed by atoms with E-state index in [2.05, 4.69) is 0 Å². The maximum atomic E-state index is 5.36. The van der Waals surface area contributed by atoms with Crippen LogP contribution < -0.4 is 5.73 Å². The molecule has 1 rings (SSSR count). The summed E-state index contributed by atoms with van der Waals surface area (Å²) >= 11 is 0. The van der Waals surface area contributed by atoms with Gasteiger partial charge >= 0.3 is 0 Å². The van der Waals surface area contributed by atoms with Gasteiger partial charge in [-0.2, -0.15) is 0 Å². The number of nitrogens with two attached hydrogens (primary N) is 1. The number of para-hydroxylation sites is 1. The zero-order chi connectivity index (χ0) is 5.11.